The van der Waals surface area contributed by atoms with E-state index in [9.17, 15) is 9.59 Å². The molecule has 0 aliphatic heterocycles. The summed E-state index contributed by atoms with van der Waals surface area (Å²) in [5, 5.41) is 7.67. The second-order valence-electron chi connectivity index (χ2n) is 9.47. The van der Waals surface area contributed by atoms with Crippen molar-refractivity contribution in [3.8, 4) is 28.7 Å². The van der Waals surface area contributed by atoms with Gasteiger partial charge in [0.2, 0.25) is 11.9 Å². The molecular formula is C28H31N5O3. The first kappa shape index (κ1) is 23.8. The number of anilines is 1. The second-order valence-corrected chi connectivity index (χ2v) is 9.47. The third kappa shape index (κ3) is 5.32. The summed E-state index contributed by atoms with van der Waals surface area (Å²) in [6.07, 6.45) is 9.23. The number of unbranched alkanes of at least 4 members (excludes halogenated alkanes) is 1. The highest BCUT2D eigenvalue weighted by molar-refractivity contribution is 5.92. The van der Waals surface area contributed by atoms with Crippen LogP contribution in [0.4, 0.5) is 5.82 Å². The first-order valence-electron chi connectivity index (χ1n) is 12.7. The summed E-state index contributed by atoms with van der Waals surface area (Å²) in [6.45, 7) is 2.22. The number of aromatic nitrogens is 4. The molecule has 5 rings (SSSR count). The van der Waals surface area contributed by atoms with Crippen molar-refractivity contribution in [2.75, 3.05) is 5.32 Å². The van der Waals surface area contributed by atoms with Crippen LogP contribution in [0.1, 0.15) is 51.9 Å². The Labute approximate surface area is 209 Å². The highest BCUT2D eigenvalue weighted by Gasteiger charge is 2.27. The molecule has 0 radical (unpaired) electrons. The number of carbonyl (C=O) groups excluding carboxylic acids is 1. The number of hydrogen-bond donors (Lipinski definition) is 2. The van der Waals surface area contributed by atoms with Crippen LogP contribution in [0.15, 0.2) is 70.1 Å². The van der Waals surface area contributed by atoms with Crippen molar-refractivity contribution in [3.63, 3.8) is 0 Å². The zero-order chi connectivity index (χ0) is 24.9. The molecule has 3 heterocycles. The largest absolute Gasteiger partial charge is 0.463 e. The van der Waals surface area contributed by atoms with E-state index in [-0.39, 0.29) is 23.3 Å². The maximum absolute atomic E-state index is 13.3. The van der Waals surface area contributed by atoms with Gasteiger partial charge < -0.3 is 9.73 Å². The molecule has 0 saturated heterocycles. The maximum atomic E-state index is 13.3. The van der Waals surface area contributed by atoms with Crippen LogP contribution in [0.25, 0.3) is 28.7 Å². The summed E-state index contributed by atoms with van der Waals surface area (Å²) in [6, 6.07) is 16.2. The van der Waals surface area contributed by atoms with Gasteiger partial charge in [-0.2, -0.15) is 9.78 Å². The van der Waals surface area contributed by atoms with Crippen LogP contribution < -0.4 is 10.9 Å². The summed E-state index contributed by atoms with van der Waals surface area (Å²) in [7, 11) is 0. The van der Waals surface area contributed by atoms with E-state index in [4.69, 9.17) is 4.42 Å². The maximum Gasteiger partial charge on any atom is 0.252 e. The van der Waals surface area contributed by atoms with Crippen molar-refractivity contribution >= 4 is 11.7 Å². The fraction of sp³-hybridized carbons (Fsp3) is 0.357. The molecule has 1 aliphatic rings. The SMILES string of the molecule is CCCCC1CCC(C(=O)Nc2cc(-c3ccco3)nn2-c2nc(-c3ccccc3)cc(=O)[nH]2)CC1. The number of hydrogen-bond acceptors (Lipinski definition) is 5. The van der Waals surface area contributed by atoms with Crippen molar-refractivity contribution in [2.45, 2.75) is 51.9 Å². The molecule has 1 aromatic carbocycles. The van der Waals surface area contributed by atoms with Gasteiger partial charge >= 0.3 is 0 Å². The van der Waals surface area contributed by atoms with Crippen molar-refractivity contribution < 1.29 is 9.21 Å². The van der Waals surface area contributed by atoms with E-state index in [2.05, 4.69) is 27.3 Å². The number of aromatic amines is 1. The molecule has 0 bridgehead atoms. The van der Waals surface area contributed by atoms with Gasteiger partial charge in [-0.3, -0.25) is 14.6 Å². The fourth-order valence-corrected chi connectivity index (χ4v) is 4.91. The summed E-state index contributed by atoms with van der Waals surface area (Å²) >= 11 is 0. The summed E-state index contributed by atoms with van der Waals surface area (Å²) < 4.78 is 6.99. The number of rotatable bonds is 8. The number of benzene rings is 1. The normalized spacial score (nSPS) is 17.7. The predicted molar refractivity (Wildman–Crippen MR) is 139 cm³/mol. The van der Waals surface area contributed by atoms with Crippen molar-refractivity contribution in [1.29, 1.82) is 0 Å². The average Bonchev–Trinajstić information content (AvgIpc) is 3.58. The Balaban J connectivity index is 1.43. The highest BCUT2D eigenvalue weighted by atomic mass is 16.3. The molecule has 8 nitrogen and oxygen atoms in total. The summed E-state index contributed by atoms with van der Waals surface area (Å²) in [5.74, 6) is 1.87. The molecule has 0 spiro atoms. The molecule has 1 saturated carbocycles. The number of nitrogens with one attached hydrogen (secondary N) is 2. The lowest BCUT2D eigenvalue weighted by molar-refractivity contribution is -0.121. The molecule has 1 fully saturated rings. The quantitative estimate of drug-likeness (QED) is 0.327. The molecule has 8 heteroatoms. The molecule has 186 valence electrons. The Morgan fingerprint density at radius 2 is 1.89 bits per heavy atom. The second kappa shape index (κ2) is 10.8. The third-order valence-corrected chi connectivity index (χ3v) is 6.92. The smallest absolute Gasteiger partial charge is 0.252 e. The minimum atomic E-state index is -0.309. The van der Waals surface area contributed by atoms with E-state index < -0.39 is 0 Å². The molecule has 1 amide bonds. The van der Waals surface area contributed by atoms with Crippen LogP contribution in [0.2, 0.25) is 0 Å². The number of H-pyrrole nitrogens is 1. The Bertz CT molecular complexity index is 1350. The van der Waals surface area contributed by atoms with Gasteiger partial charge in [-0.15, -0.1) is 0 Å². The van der Waals surface area contributed by atoms with Gasteiger partial charge in [0, 0.05) is 23.6 Å². The van der Waals surface area contributed by atoms with Gasteiger partial charge in [0.25, 0.3) is 5.56 Å². The lowest BCUT2D eigenvalue weighted by atomic mass is 9.79. The van der Waals surface area contributed by atoms with Gasteiger partial charge in [-0.1, -0.05) is 56.5 Å². The Hall–Kier alpha value is -3.94. The molecule has 36 heavy (non-hydrogen) atoms. The molecule has 1 aliphatic carbocycles. The van der Waals surface area contributed by atoms with Crippen molar-refractivity contribution in [2.24, 2.45) is 11.8 Å². The summed E-state index contributed by atoms with van der Waals surface area (Å²) in [5.41, 5.74) is 1.56. The third-order valence-electron chi connectivity index (χ3n) is 6.92. The van der Waals surface area contributed by atoms with Gasteiger partial charge in [0.05, 0.1) is 12.0 Å². The lowest BCUT2D eigenvalue weighted by Crippen LogP contribution is -2.28. The number of carbonyl (C=O) groups is 1. The number of amides is 1. The van der Waals surface area contributed by atoms with E-state index in [1.807, 2.05) is 30.3 Å². The molecular weight excluding hydrogens is 454 g/mol. The molecule has 0 atom stereocenters. The lowest BCUT2D eigenvalue weighted by Gasteiger charge is -2.27. The molecule has 0 unspecified atom stereocenters. The van der Waals surface area contributed by atoms with E-state index >= 15 is 0 Å². The Morgan fingerprint density at radius 3 is 2.61 bits per heavy atom. The van der Waals surface area contributed by atoms with Crippen LogP contribution in [-0.2, 0) is 4.79 Å². The van der Waals surface area contributed by atoms with Crippen LogP contribution in [0.5, 0.6) is 0 Å². The monoisotopic (exact) mass is 485 g/mol. The summed E-state index contributed by atoms with van der Waals surface area (Å²) in [4.78, 5) is 33.2. The van der Waals surface area contributed by atoms with E-state index in [0.717, 1.165) is 37.2 Å². The predicted octanol–water partition coefficient (Wildman–Crippen LogP) is 5.82. The van der Waals surface area contributed by atoms with Crippen LogP contribution in [-0.4, -0.2) is 25.7 Å². The molecule has 2 N–H and O–H groups in total. The van der Waals surface area contributed by atoms with E-state index in [1.54, 1.807) is 24.5 Å². The van der Waals surface area contributed by atoms with Gasteiger partial charge in [0.15, 0.2) is 5.76 Å². The van der Waals surface area contributed by atoms with Gasteiger partial charge in [0.1, 0.15) is 11.5 Å². The molecule has 3 aromatic heterocycles. The minimum absolute atomic E-state index is 0.0300. The fourth-order valence-electron chi connectivity index (χ4n) is 4.91. The zero-order valence-corrected chi connectivity index (χ0v) is 20.4. The van der Waals surface area contributed by atoms with E-state index in [1.165, 1.54) is 30.0 Å². The first-order valence-corrected chi connectivity index (χ1v) is 12.7. The van der Waals surface area contributed by atoms with Crippen LogP contribution in [0.3, 0.4) is 0 Å². The van der Waals surface area contributed by atoms with Crippen molar-refractivity contribution in [3.05, 3.63) is 71.2 Å². The number of furan rings is 1. The average molecular weight is 486 g/mol. The van der Waals surface area contributed by atoms with Crippen LogP contribution >= 0.6 is 0 Å². The van der Waals surface area contributed by atoms with Gasteiger partial charge in [-0.05, 0) is 43.7 Å². The zero-order valence-electron chi connectivity index (χ0n) is 20.4. The minimum Gasteiger partial charge on any atom is -0.463 e. The molecule has 4 aromatic rings. The van der Waals surface area contributed by atoms with Crippen molar-refractivity contribution in [1.82, 2.24) is 19.7 Å². The van der Waals surface area contributed by atoms with Gasteiger partial charge in [-0.25, -0.2) is 4.98 Å². The standard InChI is InChI=1S/C28H31N5O3/c1-2-3-8-19-12-14-21(15-13-19)27(35)30-25-17-23(24-11-7-16-36-24)32-33(25)28-29-22(18-26(34)31-28)20-9-5-4-6-10-20/h4-7,9-11,16-19,21H,2-3,8,12-15H2,1H3,(H,30,35)(H,29,31,34). The van der Waals surface area contributed by atoms with E-state index in [0.29, 0.717) is 23.0 Å². The first-order chi connectivity index (χ1) is 17.6. The highest BCUT2D eigenvalue weighted by Crippen LogP contribution is 2.33. The Kier molecular flexibility index (Phi) is 7.11. The topological polar surface area (TPSA) is 106 Å². The number of nitrogens with zero attached hydrogens (tertiary/aromatic N) is 3. The van der Waals surface area contributed by atoms with Crippen LogP contribution in [0, 0.1) is 11.8 Å². The Morgan fingerprint density at radius 1 is 1.08 bits per heavy atom.